The van der Waals surface area contributed by atoms with Crippen LogP contribution in [0.3, 0.4) is 0 Å². The maximum absolute atomic E-state index is 11.7. The molecule has 0 heterocycles. The minimum absolute atomic E-state index is 0.0840. The first-order valence-corrected chi connectivity index (χ1v) is 6.36. The topological polar surface area (TPSA) is 70.6 Å². The molecule has 19 heavy (non-hydrogen) atoms. The first-order chi connectivity index (χ1) is 9.13. The van der Waals surface area contributed by atoms with E-state index >= 15 is 0 Å². The van der Waals surface area contributed by atoms with Crippen LogP contribution in [0.2, 0.25) is 0 Å². The van der Waals surface area contributed by atoms with E-state index in [-0.39, 0.29) is 5.91 Å². The monoisotopic (exact) mass is 266 g/mol. The molecule has 0 saturated carbocycles. The Balaban J connectivity index is 2.15. The zero-order chi connectivity index (χ0) is 14.1. The Morgan fingerprint density at radius 1 is 1.32 bits per heavy atom. The molecule has 0 fully saturated rings. The molecule has 1 amide bonds. The summed E-state index contributed by atoms with van der Waals surface area (Å²) in [6, 6.07) is 7.43. The van der Waals surface area contributed by atoms with Crippen molar-refractivity contribution in [1.29, 1.82) is 0 Å². The average molecular weight is 266 g/mol. The van der Waals surface area contributed by atoms with Crippen molar-refractivity contribution in [3.63, 3.8) is 0 Å². The summed E-state index contributed by atoms with van der Waals surface area (Å²) in [6.45, 7) is 3.87. The van der Waals surface area contributed by atoms with E-state index in [9.17, 15) is 9.90 Å². The van der Waals surface area contributed by atoms with Gasteiger partial charge in [-0.15, -0.1) is 0 Å². The number of rotatable bonds is 8. The van der Waals surface area contributed by atoms with Crippen molar-refractivity contribution in [3.05, 3.63) is 35.4 Å². The molecule has 1 atom stereocenters. The lowest BCUT2D eigenvalue weighted by Gasteiger charge is -2.11. The molecule has 1 aromatic rings. The molecule has 3 N–H and O–H groups in total. The second-order valence-electron chi connectivity index (χ2n) is 4.44. The second-order valence-corrected chi connectivity index (χ2v) is 4.44. The van der Waals surface area contributed by atoms with E-state index in [1.54, 1.807) is 19.2 Å². The summed E-state index contributed by atoms with van der Waals surface area (Å²) in [5.74, 6) is -0.0840. The van der Waals surface area contributed by atoms with Gasteiger partial charge in [-0.1, -0.05) is 17.7 Å². The van der Waals surface area contributed by atoms with Crippen LogP contribution in [0.1, 0.15) is 15.9 Å². The maximum atomic E-state index is 11.7. The van der Waals surface area contributed by atoms with Gasteiger partial charge in [-0.2, -0.15) is 0 Å². The average Bonchev–Trinajstić information content (AvgIpc) is 2.39. The van der Waals surface area contributed by atoms with Crippen LogP contribution in [-0.2, 0) is 4.74 Å². The summed E-state index contributed by atoms with van der Waals surface area (Å²) >= 11 is 0. The Morgan fingerprint density at radius 3 is 2.63 bits per heavy atom. The van der Waals surface area contributed by atoms with Crippen LogP contribution in [0.25, 0.3) is 0 Å². The highest BCUT2D eigenvalue weighted by Gasteiger charge is 2.04. The van der Waals surface area contributed by atoms with Crippen molar-refractivity contribution >= 4 is 5.91 Å². The first kappa shape index (κ1) is 15.6. The minimum atomic E-state index is -0.516. The summed E-state index contributed by atoms with van der Waals surface area (Å²) in [6.07, 6.45) is -0.516. The lowest BCUT2D eigenvalue weighted by molar-refractivity contribution is 0.0647. The molecular formula is C14H22N2O3. The van der Waals surface area contributed by atoms with E-state index in [0.717, 1.165) is 5.56 Å². The standard InChI is InChI=1S/C14H22N2O3/c1-11-3-5-12(6-4-11)14(18)16-8-7-15-9-13(17)10-19-2/h3-6,13,15,17H,7-10H2,1-2H3,(H,16,18). The SMILES string of the molecule is COCC(O)CNCCNC(=O)c1ccc(C)cc1. The van der Waals surface area contributed by atoms with Crippen LogP contribution in [0, 0.1) is 6.92 Å². The Bertz CT molecular complexity index is 379. The van der Waals surface area contributed by atoms with Crippen molar-refractivity contribution < 1.29 is 14.6 Å². The van der Waals surface area contributed by atoms with Crippen molar-refractivity contribution in [3.8, 4) is 0 Å². The predicted octanol–water partition coefficient (Wildman–Crippen LogP) is 0.322. The lowest BCUT2D eigenvalue weighted by Crippen LogP contribution is -2.36. The fourth-order valence-electron chi connectivity index (χ4n) is 1.59. The Hall–Kier alpha value is -1.43. The molecule has 0 saturated heterocycles. The summed E-state index contributed by atoms with van der Waals surface area (Å²) in [7, 11) is 1.55. The van der Waals surface area contributed by atoms with Gasteiger partial charge in [0.2, 0.25) is 0 Å². The highest BCUT2D eigenvalue weighted by Crippen LogP contribution is 2.02. The number of carbonyl (C=O) groups is 1. The zero-order valence-electron chi connectivity index (χ0n) is 11.5. The van der Waals surface area contributed by atoms with Gasteiger partial charge in [-0.25, -0.2) is 0 Å². The third kappa shape index (κ3) is 6.33. The van der Waals surface area contributed by atoms with Crippen LogP contribution >= 0.6 is 0 Å². The number of ether oxygens (including phenoxy) is 1. The van der Waals surface area contributed by atoms with Gasteiger partial charge in [-0.3, -0.25) is 4.79 Å². The Morgan fingerprint density at radius 2 is 2.00 bits per heavy atom. The third-order valence-corrected chi connectivity index (χ3v) is 2.64. The third-order valence-electron chi connectivity index (χ3n) is 2.64. The number of amides is 1. The van der Waals surface area contributed by atoms with Crippen molar-refractivity contribution in [2.75, 3.05) is 33.4 Å². The summed E-state index contributed by atoms with van der Waals surface area (Å²) < 4.78 is 4.81. The number of aliphatic hydroxyl groups is 1. The quantitative estimate of drug-likeness (QED) is 0.593. The highest BCUT2D eigenvalue weighted by molar-refractivity contribution is 5.94. The summed E-state index contributed by atoms with van der Waals surface area (Å²) in [5.41, 5.74) is 1.79. The van der Waals surface area contributed by atoms with Crippen LogP contribution in [0.5, 0.6) is 0 Å². The normalized spacial score (nSPS) is 12.2. The number of carbonyl (C=O) groups excluding carboxylic acids is 1. The van der Waals surface area contributed by atoms with Gasteiger partial charge in [0.1, 0.15) is 0 Å². The molecule has 0 aliphatic rings. The molecule has 0 aromatic heterocycles. The molecular weight excluding hydrogens is 244 g/mol. The van der Waals surface area contributed by atoms with Crippen molar-refractivity contribution in [2.45, 2.75) is 13.0 Å². The first-order valence-electron chi connectivity index (χ1n) is 6.36. The lowest BCUT2D eigenvalue weighted by atomic mass is 10.1. The highest BCUT2D eigenvalue weighted by atomic mass is 16.5. The van der Waals surface area contributed by atoms with Crippen LogP contribution < -0.4 is 10.6 Å². The second kappa shape index (κ2) is 8.63. The fourth-order valence-corrected chi connectivity index (χ4v) is 1.59. The van der Waals surface area contributed by atoms with Crippen LogP contribution in [0.15, 0.2) is 24.3 Å². The number of methoxy groups -OCH3 is 1. The zero-order valence-corrected chi connectivity index (χ0v) is 11.5. The van der Waals surface area contributed by atoms with Crippen molar-refractivity contribution in [1.82, 2.24) is 10.6 Å². The molecule has 0 bridgehead atoms. The van der Waals surface area contributed by atoms with Crippen molar-refractivity contribution in [2.24, 2.45) is 0 Å². The van der Waals surface area contributed by atoms with Gasteiger partial charge in [0.15, 0.2) is 0 Å². The van der Waals surface area contributed by atoms with Crippen LogP contribution in [-0.4, -0.2) is 50.5 Å². The predicted molar refractivity (Wildman–Crippen MR) is 74.3 cm³/mol. The van der Waals surface area contributed by atoms with Gasteiger partial charge in [0.05, 0.1) is 12.7 Å². The number of benzene rings is 1. The van der Waals surface area contributed by atoms with E-state index in [1.807, 2.05) is 19.1 Å². The van der Waals surface area contributed by atoms with Gasteiger partial charge in [0.25, 0.3) is 5.91 Å². The molecule has 1 unspecified atom stereocenters. The van der Waals surface area contributed by atoms with E-state index < -0.39 is 6.10 Å². The molecule has 0 radical (unpaired) electrons. The Kier molecular flexibility index (Phi) is 7.10. The Labute approximate surface area is 114 Å². The molecule has 0 aliphatic carbocycles. The number of aliphatic hydroxyl groups excluding tert-OH is 1. The number of hydrogen-bond acceptors (Lipinski definition) is 4. The van der Waals surface area contributed by atoms with E-state index in [1.165, 1.54) is 0 Å². The van der Waals surface area contributed by atoms with Gasteiger partial charge in [0, 0.05) is 32.3 Å². The number of nitrogens with one attached hydrogen (secondary N) is 2. The molecule has 0 spiro atoms. The smallest absolute Gasteiger partial charge is 0.251 e. The molecule has 106 valence electrons. The van der Waals surface area contributed by atoms with Gasteiger partial charge >= 0.3 is 0 Å². The molecule has 1 rings (SSSR count). The maximum Gasteiger partial charge on any atom is 0.251 e. The minimum Gasteiger partial charge on any atom is -0.389 e. The van der Waals surface area contributed by atoms with E-state index in [0.29, 0.717) is 31.8 Å². The van der Waals surface area contributed by atoms with E-state index in [2.05, 4.69) is 10.6 Å². The molecule has 0 aliphatic heterocycles. The molecule has 5 nitrogen and oxygen atoms in total. The number of hydrogen-bond donors (Lipinski definition) is 3. The van der Waals surface area contributed by atoms with Gasteiger partial charge < -0.3 is 20.5 Å². The molecule has 1 aromatic carbocycles. The van der Waals surface area contributed by atoms with E-state index in [4.69, 9.17) is 4.74 Å². The fraction of sp³-hybridized carbons (Fsp3) is 0.500. The largest absolute Gasteiger partial charge is 0.389 e. The van der Waals surface area contributed by atoms with Gasteiger partial charge in [-0.05, 0) is 19.1 Å². The molecule has 5 heteroatoms. The summed E-state index contributed by atoms with van der Waals surface area (Å²) in [4.78, 5) is 11.7. The van der Waals surface area contributed by atoms with Crippen LogP contribution in [0.4, 0.5) is 0 Å². The summed E-state index contributed by atoms with van der Waals surface area (Å²) in [5, 5.41) is 15.2. The number of aryl methyl sites for hydroxylation is 1.